The first-order valence-electron chi connectivity index (χ1n) is 5.28. The van der Waals surface area contributed by atoms with E-state index in [2.05, 4.69) is 15.3 Å². The Morgan fingerprint density at radius 1 is 1.65 bits per heavy atom. The lowest BCUT2D eigenvalue weighted by atomic mass is 10.1. The van der Waals surface area contributed by atoms with Crippen molar-refractivity contribution in [1.29, 1.82) is 0 Å². The number of nitrogens with one attached hydrogen (secondary N) is 1. The summed E-state index contributed by atoms with van der Waals surface area (Å²) < 4.78 is 5.28. The first-order valence-corrected chi connectivity index (χ1v) is 5.28. The number of rotatable bonds is 3. The average molecular weight is 239 g/mol. The number of anilines is 2. The molecule has 0 spiro atoms. The van der Waals surface area contributed by atoms with Gasteiger partial charge in [0.05, 0.1) is 17.6 Å². The van der Waals surface area contributed by atoms with Crippen LogP contribution in [-0.4, -0.2) is 34.1 Å². The van der Waals surface area contributed by atoms with E-state index in [1.165, 1.54) is 0 Å². The lowest BCUT2D eigenvalue weighted by Crippen LogP contribution is -2.30. The van der Waals surface area contributed by atoms with Gasteiger partial charge in [0.1, 0.15) is 6.20 Å². The highest BCUT2D eigenvalue weighted by Crippen LogP contribution is 2.23. The minimum absolute atomic E-state index is 0.00910. The zero-order chi connectivity index (χ0) is 12.3. The molecule has 1 aliphatic heterocycles. The summed E-state index contributed by atoms with van der Waals surface area (Å²) in [6, 6.07) is 0.0248. The van der Waals surface area contributed by atoms with E-state index >= 15 is 0 Å². The Kier molecular flexibility index (Phi) is 3.33. The van der Waals surface area contributed by atoms with Crippen LogP contribution in [0.4, 0.5) is 17.5 Å². The third-order valence-corrected chi connectivity index (χ3v) is 2.49. The Hall–Kier alpha value is -1.96. The molecule has 0 bridgehead atoms. The number of nitrogen functional groups attached to an aromatic ring is 1. The van der Waals surface area contributed by atoms with Crippen LogP contribution in [0.5, 0.6) is 0 Å². The molecular weight excluding hydrogens is 226 g/mol. The van der Waals surface area contributed by atoms with E-state index in [0.717, 1.165) is 25.6 Å². The molecule has 0 aromatic carbocycles. The summed E-state index contributed by atoms with van der Waals surface area (Å²) in [5, 5.41) is 13.8. The lowest BCUT2D eigenvalue weighted by molar-refractivity contribution is -0.384. The van der Waals surface area contributed by atoms with Gasteiger partial charge in [0.15, 0.2) is 0 Å². The Labute approximate surface area is 97.3 Å². The fourth-order valence-corrected chi connectivity index (χ4v) is 1.68. The van der Waals surface area contributed by atoms with Crippen LogP contribution in [0.1, 0.15) is 12.8 Å². The summed E-state index contributed by atoms with van der Waals surface area (Å²) in [5.74, 6) is 0.160. The highest BCUT2D eigenvalue weighted by atomic mass is 16.6. The Morgan fingerprint density at radius 3 is 3.12 bits per heavy atom. The van der Waals surface area contributed by atoms with E-state index in [9.17, 15) is 10.1 Å². The predicted octanol–water partition coefficient (Wildman–Crippen LogP) is 0.558. The van der Waals surface area contributed by atoms with Crippen LogP contribution in [0.25, 0.3) is 0 Å². The van der Waals surface area contributed by atoms with Crippen molar-refractivity contribution in [3.8, 4) is 0 Å². The second kappa shape index (κ2) is 4.91. The fourth-order valence-electron chi connectivity index (χ4n) is 1.68. The number of nitrogens with two attached hydrogens (primary N) is 1. The van der Waals surface area contributed by atoms with Gasteiger partial charge in [-0.3, -0.25) is 10.1 Å². The number of nitro groups is 1. The van der Waals surface area contributed by atoms with Crippen molar-refractivity contribution in [1.82, 2.24) is 9.97 Å². The van der Waals surface area contributed by atoms with Gasteiger partial charge in [0.2, 0.25) is 11.8 Å². The maximum absolute atomic E-state index is 10.8. The van der Waals surface area contributed by atoms with E-state index in [1.807, 2.05) is 0 Å². The number of hydrogen-bond acceptors (Lipinski definition) is 7. The maximum Gasteiger partial charge on any atom is 0.329 e. The fraction of sp³-hybridized carbons (Fsp3) is 0.556. The molecule has 0 radical (unpaired) electrons. The molecule has 1 aromatic rings. The second-order valence-corrected chi connectivity index (χ2v) is 3.78. The monoisotopic (exact) mass is 239 g/mol. The second-order valence-electron chi connectivity index (χ2n) is 3.78. The molecule has 1 aliphatic rings. The molecule has 0 amide bonds. The summed E-state index contributed by atoms with van der Waals surface area (Å²) in [5.41, 5.74) is 5.24. The highest BCUT2D eigenvalue weighted by Gasteiger charge is 2.21. The summed E-state index contributed by atoms with van der Waals surface area (Å²) in [7, 11) is 0. The molecule has 3 N–H and O–H groups in total. The third kappa shape index (κ3) is 2.78. The van der Waals surface area contributed by atoms with Crippen LogP contribution in [-0.2, 0) is 4.74 Å². The summed E-state index contributed by atoms with van der Waals surface area (Å²) in [4.78, 5) is 17.7. The van der Waals surface area contributed by atoms with Gasteiger partial charge in [-0.05, 0) is 12.8 Å². The average Bonchev–Trinajstić information content (AvgIpc) is 2.30. The van der Waals surface area contributed by atoms with Crippen molar-refractivity contribution in [2.45, 2.75) is 18.9 Å². The molecule has 1 fully saturated rings. The van der Waals surface area contributed by atoms with Gasteiger partial charge in [-0.15, -0.1) is 0 Å². The van der Waals surface area contributed by atoms with E-state index in [1.54, 1.807) is 0 Å². The Balaban J connectivity index is 2.17. The minimum atomic E-state index is -0.536. The molecule has 92 valence electrons. The number of hydrogen-bond donors (Lipinski definition) is 2. The number of nitrogens with zero attached hydrogens (tertiary/aromatic N) is 3. The van der Waals surface area contributed by atoms with Crippen molar-refractivity contribution < 1.29 is 9.66 Å². The van der Waals surface area contributed by atoms with Crippen LogP contribution in [0, 0.1) is 10.1 Å². The van der Waals surface area contributed by atoms with Crippen molar-refractivity contribution >= 4 is 17.5 Å². The SMILES string of the molecule is Nc1ncc([N+](=O)[O-])c(NC2CCCOC2)n1. The van der Waals surface area contributed by atoms with E-state index in [-0.39, 0.29) is 23.5 Å². The quantitative estimate of drug-likeness (QED) is 0.584. The summed E-state index contributed by atoms with van der Waals surface area (Å²) in [6.45, 7) is 1.24. The first-order chi connectivity index (χ1) is 8.16. The van der Waals surface area contributed by atoms with Crippen molar-refractivity contribution in [3.05, 3.63) is 16.3 Å². The third-order valence-electron chi connectivity index (χ3n) is 2.49. The van der Waals surface area contributed by atoms with Crippen LogP contribution in [0.3, 0.4) is 0 Å². The molecule has 8 nitrogen and oxygen atoms in total. The van der Waals surface area contributed by atoms with Crippen LogP contribution < -0.4 is 11.1 Å². The van der Waals surface area contributed by atoms with Crippen molar-refractivity contribution in [3.63, 3.8) is 0 Å². The molecule has 0 aliphatic carbocycles. The molecule has 1 aromatic heterocycles. The van der Waals surface area contributed by atoms with Gasteiger partial charge in [-0.1, -0.05) is 0 Å². The molecular formula is C9H13N5O3. The molecule has 2 rings (SSSR count). The smallest absolute Gasteiger partial charge is 0.329 e. The number of ether oxygens (including phenoxy) is 1. The van der Waals surface area contributed by atoms with Crippen LogP contribution in [0.15, 0.2) is 6.20 Å². The normalized spacial score (nSPS) is 19.9. The summed E-state index contributed by atoms with van der Waals surface area (Å²) >= 11 is 0. The number of aromatic nitrogens is 2. The van der Waals surface area contributed by atoms with Gasteiger partial charge < -0.3 is 15.8 Å². The zero-order valence-corrected chi connectivity index (χ0v) is 9.13. The molecule has 1 saturated heterocycles. The lowest BCUT2D eigenvalue weighted by Gasteiger charge is -2.23. The molecule has 0 saturated carbocycles. The van der Waals surface area contributed by atoms with E-state index in [0.29, 0.717) is 6.61 Å². The topological polar surface area (TPSA) is 116 Å². The predicted molar refractivity (Wildman–Crippen MR) is 60.6 cm³/mol. The molecule has 1 atom stereocenters. The van der Waals surface area contributed by atoms with Gasteiger partial charge >= 0.3 is 5.69 Å². The first kappa shape index (κ1) is 11.5. The maximum atomic E-state index is 10.8. The van der Waals surface area contributed by atoms with Gasteiger partial charge in [0, 0.05) is 6.61 Å². The van der Waals surface area contributed by atoms with E-state index in [4.69, 9.17) is 10.5 Å². The minimum Gasteiger partial charge on any atom is -0.379 e. The molecule has 17 heavy (non-hydrogen) atoms. The Morgan fingerprint density at radius 2 is 2.47 bits per heavy atom. The molecule has 8 heteroatoms. The van der Waals surface area contributed by atoms with E-state index < -0.39 is 4.92 Å². The highest BCUT2D eigenvalue weighted by molar-refractivity contribution is 5.56. The molecule has 2 heterocycles. The van der Waals surface area contributed by atoms with Gasteiger partial charge in [0.25, 0.3) is 0 Å². The van der Waals surface area contributed by atoms with Crippen LogP contribution in [0.2, 0.25) is 0 Å². The molecule has 1 unspecified atom stereocenters. The Bertz CT molecular complexity index is 419. The van der Waals surface area contributed by atoms with Crippen LogP contribution >= 0.6 is 0 Å². The zero-order valence-electron chi connectivity index (χ0n) is 9.13. The largest absolute Gasteiger partial charge is 0.379 e. The van der Waals surface area contributed by atoms with Gasteiger partial charge in [-0.25, -0.2) is 4.98 Å². The van der Waals surface area contributed by atoms with Gasteiger partial charge in [-0.2, -0.15) is 4.98 Å². The van der Waals surface area contributed by atoms with Crippen molar-refractivity contribution in [2.75, 3.05) is 24.3 Å². The standard InChI is InChI=1S/C9H13N5O3/c10-9-11-4-7(14(15)16)8(13-9)12-6-2-1-3-17-5-6/h4,6H,1-3,5H2,(H3,10,11,12,13). The van der Waals surface area contributed by atoms with Crippen molar-refractivity contribution in [2.24, 2.45) is 0 Å². The summed E-state index contributed by atoms with van der Waals surface area (Å²) in [6.07, 6.45) is 2.92.